The van der Waals surface area contributed by atoms with Gasteiger partial charge in [0.2, 0.25) is 0 Å². The second-order valence-electron chi connectivity index (χ2n) is 2.01. The van der Waals surface area contributed by atoms with Crippen LogP contribution in [0.4, 0.5) is 0 Å². The van der Waals surface area contributed by atoms with Crippen LogP contribution in [0.15, 0.2) is 0 Å². The molecule has 0 aromatic carbocycles. The van der Waals surface area contributed by atoms with E-state index in [-0.39, 0.29) is 0 Å². The molecule has 1 aliphatic heterocycles. The fourth-order valence-electron chi connectivity index (χ4n) is 0.859. The molecule has 0 amide bonds. The van der Waals surface area contributed by atoms with E-state index in [1.54, 1.807) is 0 Å². The Morgan fingerprint density at radius 1 is 1.67 bits per heavy atom. The molecule has 0 aliphatic carbocycles. The molecule has 1 fully saturated rings. The zero-order chi connectivity index (χ0) is 6.69. The lowest BCUT2D eigenvalue weighted by molar-refractivity contribution is 0.0863. The molecule has 1 unspecified atom stereocenters. The smallest absolute Gasteiger partial charge is 0.107 e. The molecule has 54 valence electrons. The van der Waals surface area contributed by atoms with Crippen LogP contribution in [0, 0.1) is 0 Å². The van der Waals surface area contributed by atoms with E-state index in [4.69, 9.17) is 4.74 Å². The Labute approximate surface area is 58.9 Å². The first-order chi connectivity index (χ1) is 4.34. The van der Waals surface area contributed by atoms with E-state index in [2.05, 4.69) is 23.6 Å². The third-order valence-corrected chi connectivity index (χ3v) is 3.42. The average Bonchev–Trinajstić information content (AvgIpc) is 1.89. The molecular weight excluding hydrogens is 134 g/mol. The van der Waals surface area contributed by atoms with E-state index in [1.165, 1.54) is 5.75 Å². The van der Waals surface area contributed by atoms with E-state index in [0.29, 0.717) is 10.7 Å². The molecule has 1 heterocycles. The van der Waals surface area contributed by atoms with Crippen LogP contribution < -0.4 is 0 Å². The Hall–Kier alpha value is 0.140. The highest BCUT2D eigenvalue weighted by atomic mass is 32.2. The summed E-state index contributed by atoms with van der Waals surface area (Å²) in [5, 5.41) is 2.25. The van der Waals surface area contributed by atoms with Crippen molar-refractivity contribution in [3.63, 3.8) is 0 Å². The minimum atomic E-state index is 0.387. The highest BCUT2D eigenvalue weighted by Gasteiger charge is 2.07. The van der Waals surface area contributed by atoms with Gasteiger partial charge in [-0.1, -0.05) is 0 Å². The van der Waals surface area contributed by atoms with Crippen LogP contribution in [-0.4, -0.2) is 35.8 Å². The van der Waals surface area contributed by atoms with Gasteiger partial charge in [0.25, 0.3) is 0 Å². The Morgan fingerprint density at radius 3 is 2.89 bits per heavy atom. The molecule has 0 N–H and O–H groups in total. The predicted molar refractivity (Wildman–Crippen MR) is 42.8 cm³/mol. The fraction of sp³-hybridized carbons (Fsp3) is 0.833. The molecule has 0 spiro atoms. The normalized spacial score (nSPS) is 31.1. The Bertz CT molecular complexity index is 124. The largest absolute Gasteiger partial charge is 0.364 e. The molecule has 0 aromatic rings. The van der Waals surface area contributed by atoms with Crippen molar-refractivity contribution < 1.29 is 4.74 Å². The summed E-state index contributed by atoms with van der Waals surface area (Å²) in [5.41, 5.74) is 0. The predicted octanol–water partition coefficient (Wildman–Crippen LogP) is 0.912. The van der Waals surface area contributed by atoms with E-state index in [1.807, 2.05) is 0 Å². The first-order valence-electron chi connectivity index (χ1n) is 3.13. The molecular formula is C6H13NOS. The second-order valence-corrected chi connectivity index (χ2v) is 4.31. The van der Waals surface area contributed by atoms with Gasteiger partial charge in [-0.25, -0.2) is 4.31 Å². The molecule has 2 nitrogen and oxygen atoms in total. The minimum Gasteiger partial charge on any atom is -0.364 e. The lowest BCUT2D eigenvalue weighted by Crippen LogP contribution is -2.25. The number of hydrogen-bond acceptors (Lipinski definition) is 2. The van der Waals surface area contributed by atoms with Crippen LogP contribution in [0.1, 0.15) is 6.92 Å². The topological polar surface area (TPSA) is 12.5 Å². The van der Waals surface area contributed by atoms with Gasteiger partial charge in [0.1, 0.15) is 6.73 Å². The van der Waals surface area contributed by atoms with Crippen molar-refractivity contribution in [1.82, 2.24) is 4.31 Å². The molecule has 0 saturated carbocycles. The SMILES string of the molecule is C/C=S1/CCOCN1C. The maximum absolute atomic E-state index is 5.23. The van der Waals surface area contributed by atoms with Gasteiger partial charge in [0.15, 0.2) is 0 Å². The van der Waals surface area contributed by atoms with Gasteiger partial charge in [0, 0.05) is 5.75 Å². The van der Waals surface area contributed by atoms with Gasteiger partial charge in [-0.3, -0.25) is 0 Å². The summed E-state index contributed by atoms with van der Waals surface area (Å²) in [4.78, 5) is 0. The lowest BCUT2D eigenvalue weighted by atomic mass is 10.8. The Morgan fingerprint density at radius 2 is 2.44 bits per heavy atom. The van der Waals surface area contributed by atoms with Gasteiger partial charge < -0.3 is 4.74 Å². The van der Waals surface area contributed by atoms with Crippen LogP contribution in [0.5, 0.6) is 0 Å². The first-order valence-corrected chi connectivity index (χ1v) is 4.54. The Kier molecular flexibility index (Phi) is 2.69. The summed E-state index contributed by atoms with van der Waals surface area (Å²) < 4.78 is 7.47. The van der Waals surface area contributed by atoms with E-state index in [9.17, 15) is 0 Å². The molecule has 1 saturated heterocycles. The summed E-state index contributed by atoms with van der Waals surface area (Å²) in [5.74, 6) is 1.17. The maximum Gasteiger partial charge on any atom is 0.107 e. The van der Waals surface area contributed by atoms with Gasteiger partial charge in [-0.15, -0.1) is 10.7 Å². The third kappa shape index (κ3) is 1.78. The van der Waals surface area contributed by atoms with Crippen molar-refractivity contribution >= 4 is 16.0 Å². The van der Waals surface area contributed by atoms with Gasteiger partial charge >= 0.3 is 0 Å². The highest BCUT2D eigenvalue weighted by molar-refractivity contribution is 8.12. The van der Waals surface area contributed by atoms with Crippen LogP contribution in [-0.2, 0) is 4.74 Å². The molecule has 0 radical (unpaired) electrons. The molecule has 3 heteroatoms. The summed E-state index contributed by atoms with van der Waals surface area (Å²) in [7, 11) is 2.49. The summed E-state index contributed by atoms with van der Waals surface area (Å²) in [6.07, 6.45) is 0. The van der Waals surface area contributed by atoms with Crippen LogP contribution in [0.25, 0.3) is 0 Å². The highest BCUT2D eigenvalue weighted by Crippen LogP contribution is 2.19. The molecule has 0 aromatic heterocycles. The molecule has 1 atom stereocenters. The maximum atomic E-state index is 5.23. The van der Waals surface area contributed by atoms with Crippen molar-refractivity contribution in [3.8, 4) is 0 Å². The number of ether oxygens (including phenoxy) is 1. The Balaban J connectivity index is 2.49. The van der Waals surface area contributed by atoms with E-state index in [0.717, 1.165) is 13.3 Å². The standard InChI is InChI=1S/C6H13NOS/c1-3-9-5-4-8-6-7(9)2/h3H,4-6H2,1-2H3. The minimum absolute atomic E-state index is 0.387. The van der Waals surface area contributed by atoms with Gasteiger partial charge in [0.05, 0.1) is 6.61 Å². The zero-order valence-corrected chi connectivity index (χ0v) is 6.78. The molecule has 1 aliphatic rings. The van der Waals surface area contributed by atoms with Crippen LogP contribution in [0.3, 0.4) is 0 Å². The fourth-order valence-corrected chi connectivity index (χ4v) is 2.26. The van der Waals surface area contributed by atoms with Crippen LogP contribution >= 0.6 is 10.7 Å². The number of nitrogens with zero attached hydrogens (tertiary/aromatic N) is 1. The molecule has 0 bridgehead atoms. The van der Waals surface area contributed by atoms with E-state index >= 15 is 0 Å². The monoisotopic (exact) mass is 147 g/mol. The number of hydrogen-bond donors (Lipinski definition) is 0. The van der Waals surface area contributed by atoms with Crippen molar-refractivity contribution in [3.05, 3.63) is 0 Å². The molecule has 9 heavy (non-hydrogen) atoms. The zero-order valence-electron chi connectivity index (χ0n) is 5.96. The van der Waals surface area contributed by atoms with Gasteiger partial charge in [-0.05, 0) is 19.3 Å². The molecule has 1 rings (SSSR count). The average molecular weight is 147 g/mol. The first kappa shape index (κ1) is 7.25. The van der Waals surface area contributed by atoms with Crippen LogP contribution in [0.2, 0.25) is 0 Å². The van der Waals surface area contributed by atoms with Crippen molar-refractivity contribution in [2.75, 3.05) is 26.1 Å². The number of rotatable bonds is 0. The van der Waals surface area contributed by atoms with Crippen molar-refractivity contribution in [1.29, 1.82) is 0 Å². The lowest BCUT2D eigenvalue weighted by Gasteiger charge is -2.26. The van der Waals surface area contributed by atoms with E-state index < -0.39 is 0 Å². The van der Waals surface area contributed by atoms with Crippen molar-refractivity contribution in [2.24, 2.45) is 0 Å². The quantitative estimate of drug-likeness (QED) is 0.472. The summed E-state index contributed by atoms with van der Waals surface area (Å²) >= 11 is 0. The van der Waals surface area contributed by atoms with Gasteiger partial charge in [-0.2, -0.15) is 0 Å². The van der Waals surface area contributed by atoms with Crippen molar-refractivity contribution in [2.45, 2.75) is 6.92 Å². The summed E-state index contributed by atoms with van der Waals surface area (Å²) in [6, 6.07) is 0. The summed E-state index contributed by atoms with van der Waals surface area (Å²) in [6.45, 7) is 3.84. The third-order valence-electron chi connectivity index (χ3n) is 1.38. The second kappa shape index (κ2) is 3.34.